The molecule has 0 saturated heterocycles. The molecule has 1 fully saturated rings. The number of carbonyl (C=O) groups is 2. The molecule has 0 N–H and O–H groups in total. The van der Waals surface area contributed by atoms with Crippen molar-refractivity contribution in [1.82, 2.24) is 9.88 Å². The highest BCUT2D eigenvalue weighted by Crippen LogP contribution is 2.23. The quantitative estimate of drug-likeness (QED) is 0.627. The number of hydrogen-bond donors (Lipinski definition) is 0. The van der Waals surface area contributed by atoms with Gasteiger partial charge in [-0.1, -0.05) is 37.0 Å². The van der Waals surface area contributed by atoms with Crippen LogP contribution in [0.2, 0.25) is 0 Å². The van der Waals surface area contributed by atoms with Crippen molar-refractivity contribution in [3.8, 4) is 5.75 Å². The molecule has 1 aliphatic rings. The largest absolute Gasteiger partial charge is 0.486 e. The predicted octanol–water partition coefficient (Wildman–Crippen LogP) is 4.37. The average molecular weight is 417 g/mol. The number of hydrogen-bond acceptors (Lipinski definition) is 6. The van der Waals surface area contributed by atoms with Gasteiger partial charge in [-0.3, -0.25) is 4.79 Å². The van der Waals surface area contributed by atoms with Gasteiger partial charge in [0, 0.05) is 18.5 Å². The zero-order valence-electron chi connectivity index (χ0n) is 17.2. The third-order valence-corrected chi connectivity index (χ3v) is 6.07. The monoisotopic (exact) mass is 416 g/mol. The highest BCUT2D eigenvalue weighted by Gasteiger charge is 2.28. The Labute approximate surface area is 175 Å². The van der Waals surface area contributed by atoms with Gasteiger partial charge in [-0.2, -0.15) is 0 Å². The molecule has 7 heteroatoms. The van der Waals surface area contributed by atoms with E-state index in [1.54, 1.807) is 24.3 Å². The van der Waals surface area contributed by atoms with Gasteiger partial charge in [0.2, 0.25) is 0 Å². The lowest BCUT2D eigenvalue weighted by Crippen LogP contribution is -2.44. The lowest BCUT2D eigenvalue weighted by atomic mass is 9.94. The van der Waals surface area contributed by atoms with Crippen molar-refractivity contribution in [3.63, 3.8) is 0 Å². The molecule has 1 heterocycles. The number of ether oxygens (including phenoxy) is 2. The van der Waals surface area contributed by atoms with E-state index in [1.165, 1.54) is 17.8 Å². The lowest BCUT2D eigenvalue weighted by Gasteiger charge is -2.32. The zero-order chi connectivity index (χ0) is 20.8. The Morgan fingerprint density at radius 1 is 1.21 bits per heavy atom. The molecule has 0 radical (unpaired) electrons. The number of aryl methyl sites for hydroxylation is 1. The van der Waals surface area contributed by atoms with Crippen LogP contribution in [0.5, 0.6) is 5.75 Å². The highest BCUT2D eigenvalue weighted by atomic mass is 32.1. The van der Waals surface area contributed by atoms with Crippen molar-refractivity contribution < 1.29 is 19.1 Å². The molecule has 2 aromatic rings. The van der Waals surface area contributed by atoms with Crippen molar-refractivity contribution >= 4 is 23.2 Å². The molecule has 0 aliphatic heterocycles. The first kappa shape index (κ1) is 21.3. The maximum Gasteiger partial charge on any atom is 0.358 e. The first-order chi connectivity index (χ1) is 13.9. The Kier molecular flexibility index (Phi) is 7.25. The molecular weight excluding hydrogens is 388 g/mol. The van der Waals surface area contributed by atoms with Gasteiger partial charge in [-0.25, -0.2) is 9.78 Å². The second-order valence-electron chi connectivity index (χ2n) is 7.52. The van der Waals surface area contributed by atoms with Crippen LogP contribution in [-0.2, 0) is 16.1 Å². The first-order valence-electron chi connectivity index (χ1n) is 10.1. The van der Waals surface area contributed by atoms with Crippen LogP contribution in [0.25, 0.3) is 0 Å². The molecule has 3 rings (SSSR count). The van der Waals surface area contributed by atoms with Crippen molar-refractivity contribution in [3.05, 3.63) is 45.9 Å². The summed E-state index contributed by atoms with van der Waals surface area (Å²) < 4.78 is 11.1. The van der Waals surface area contributed by atoms with E-state index < -0.39 is 12.1 Å². The molecule has 29 heavy (non-hydrogen) atoms. The van der Waals surface area contributed by atoms with Crippen LogP contribution in [0.3, 0.4) is 0 Å². The van der Waals surface area contributed by atoms with Gasteiger partial charge >= 0.3 is 5.97 Å². The summed E-state index contributed by atoms with van der Waals surface area (Å²) in [6.45, 7) is 3.91. The van der Waals surface area contributed by atoms with Crippen LogP contribution in [0, 0.1) is 6.92 Å². The summed E-state index contributed by atoms with van der Waals surface area (Å²) in [5, 5.41) is 2.31. The summed E-state index contributed by atoms with van der Waals surface area (Å²) in [7, 11) is 1.80. The molecule has 1 aromatic heterocycles. The molecule has 0 spiro atoms. The van der Waals surface area contributed by atoms with Crippen LogP contribution in [0.4, 0.5) is 0 Å². The molecule has 1 aromatic carbocycles. The van der Waals surface area contributed by atoms with Crippen molar-refractivity contribution in [2.75, 3.05) is 7.05 Å². The van der Waals surface area contributed by atoms with Crippen LogP contribution < -0.4 is 4.74 Å². The number of esters is 1. The number of carbonyl (C=O) groups excluding carboxylic acids is 2. The van der Waals surface area contributed by atoms with Gasteiger partial charge < -0.3 is 14.4 Å². The van der Waals surface area contributed by atoms with E-state index in [4.69, 9.17) is 9.47 Å². The Morgan fingerprint density at radius 2 is 1.90 bits per heavy atom. The van der Waals surface area contributed by atoms with Crippen LogP contribution >= 0.6 is 11.3 Å². The van der Waals surface area contributed by atoms with E-state index in [0.717, 1.165) is 37.0 Å². The number of aromatic nitrogens is 1. The minimum atomic E-state index is -0.830. The first-order valence-corrected chi connectivity index (χ1v) is 10.9. The van der Waals surface area contributed by atoms with Gasteiger partial charge in [0.25, 0.3) is 5.91 Å². The molecular formula is C22H28N2O4S. The summed E-state index contributed by atoms with van der Waals surface area (Å²) in [6, 6.07) is 7.98. The summed E-state index contributed by atoms with van der Waals surface area (Å²) in [5.41, 5.74) is 1.37. The SMILES string of the molecule is Cc1ccc(OCc2nc(C(=O)OC(C)C(=O)N(C)C3CCCCC3)cs2)cc1. The standard InChI is InChI=1S/C22H28N2O4S/c1-15-9-11-18(12-10-15)27-13-20-23-19(14-29-20)22(26)28-16(2)21(25)24(3)17-7-5-4-6-8-17/h9-12,14,16-17H,4-8,13H2,1-3H3. The third kappa shape index (κ3) is 5.79. The number of nitrogens with zero attached hydrogens (tertiary/aromatic N) is 2. The van der Waals surface area contributed by atoms with Gasteiger partial charge in [0.15, 0.2) is 11.8 Å². The smallest absolute Gasteiger partial charge is 0.358 e. The van der Waals surface area contributed by atoms with Gasteiger partial charge in [-0.15, -0.1) is 11.3 Å². The second kappa shape index (κ2) is 9.87. The summed E-state index contributed by atoms with van der Waals surface area (Å²) in [6.07, 6.45) is 4.70. The van der Waals surface area contributed by atoms with Crippen LogP contribution in [-0.4, -0.2) is 41.0 Å². The van der Waals surface area contributed by atoms with E-state index in [-0.39, 0.29) is 24.2 Å². The maximum atomic E-state index is 12.6. The fourth-order valence-corrected chi connectivity index (χ4v) is 4.13. The van der Waals surface area contributed by atoms with E-state index in [0.29, 0.717) is 5.01 Å². The van der Waals surface area contributed by atoms with Crippen molar-refractivity contribution in [2.45, 2.75) is 64.7 Å². The van der Waals surface area contributed by atoms with Crippen molar-refractivity contribution in [1.29, 1.82) is 0 Å². The molecule has 1 unspecified atom stereocenters. The lowest BCUT2D eigenvalue weighted by molar-refractivity contribution is -0.141. The van der Waals surface area contributed by atoms with Gasteiger partial charge in [0.05, 0.1) is 0 Å². The molecule has 1 aliphatic carbocycles. The van der Waals surface area contributed by atoms with Gasteiger partial charge in [0.1, 0.15) is 17.4 Å². The molecule has 1 amide bonds. The fourth-order valence-electron chi connectivity index (χ4n) is 3.46. The Balaban J connectivity index is 1.51. The maximum absolute atomic E-state index is 12.6. The molecule has 1 atom stereocenters. The Morgan fingerprint density at radius 3 is 2.59 bits per heavy atom. The van der Waals surface area contributed by atoms with Gasteiger partial charge in [-0.05, 0) is 38.8 Å². The zero-order valence-corrected chi connectivity index (χ0v) is 18.0. The third-order valence-electron chi connectivity index (χ3n) is 5.25. The normalized spacial score (nSPS) is 15.6. The van der Waals surface area contributed by atoms with Crippen LogP contribution in [0.15, 0.2) is 29.6 Å². The molecule has 156 valence electrons. The second-order valence-corrected chi connectivity index (χ2v) is 8.46. The summed E-state index contributed by atoms with van der Waals surface area (Å²) >= 11 is 1.33. The number of benzene rings is 1. The predicted molar refractivity (Wildman–Crippen MR) is 112 cm³/mol. The molecule has 0 bridgehead atoms. The van der Waals surface area contributed by atoms with E-state index in [2.05, 4.69) is 4.98 Å². The van der Waals surface area contributed by atoms with E-state index in [9.17, 15) is 9.59 Å². The molecule has 6 nitrogen and oxygen atoms in total. The summed E-state index contributed by atoms with van der Waals surface area (Å²) in [4.78, 5) is 31.0. The summed E-state index contributed by atoms with van der Waals surface area (Å²) in [5.74, 6) is 0.00373. The van der Waals surface area contributed by atoms with Crippen LogP contribution in [0.1, 0.15) is 60.1 Å². The number of thiazole rings is 1. The number of rotatable bonds is 7. The van der Waals surface area contributed by atoms with E-state index in [1.807, 2.05) is 31.2 Å². The topological polar surface area (TPSA) is 68.7 Å². The Hall–Kier alpha value is -2.41. The molecule has 1 saturated carbocycles. The highest BCUT2D eigenvalue weighted by molar-refractivity contribution is 7.09. The Bertz CT molecular complexity index is 828. The number of likely N-dealkylation sites (N-methyl/N-ethyl adjacent to an activating group) is 1. The van der Waals surface area contributed by atoms with E-state index >= 15 is 0 Å². The fraction of sp³-hybridized carbons (Fsp3) is 0.500. The van der Waals surface area contributed by atoms with Crippen molar-refractivity contribution in [2.24, 2.45) is 0 Å². The average Bonchev–Trinajstić information content (AvgIpc) is 3.22. The minimum Gasteiger partial charge on any atom is -0.486 e. The minimum absolute atomic E-state index is 0.164. The number of amides is 1.